The zero-order valence-corrected chi connectivity index (χ0v) is 13.9. The van der Waals surface area contributed by atoms with Gasteiger partial charge in [0, 0.05) is 65.5 Å². The van der Waals surface area contributed by atoms with Gasteiger partial charge in [0.2, 0.25) is 0 Å². The van der Waals surface area contributed by atoms with Crippen molar-refractivity contribution in [1.29, 1.82) is 0 Å². The van der Waals surface area contributed by atoms with Gasteiger partial charge in [0.1, 0.15) is 0 Å². The molecule has 0 unspecified atom stereocenters. The maximum absolute atomic E-state index is 12.5. The molecule has 4 rings (SSSR count). The van der Waals surface area contributed by atoms with E-state index in [0.717, 1.165) is 21.5 Å². The second kappa shape index (κ2) is 6.18. The summed E-state index contributed by atoms with van der Waals surface area (Å²) in [5.41, 5.74) is 3.98. The Bertz CT molecular complexity index is 1190. The van der Waals surface area contributed by atoms with Crippen LogP contribution in [0, 0.1) is 0 Å². The zero-order valence-electron chi connectivity index (χ0n) is 19.9. The fourth-order valence-corrected chi connectivity index (χ4v) is 3.23. The fraction of sp³-hybridized carbons (Fsp3) is 0.211. The normalized spacial score (nSPS) is 16.7. The summed E-state index contributed by atoms with van der Waals surface area (Å²) in [6.07, 6.45) is 4.31. The van der Waals surface area contributed by atoms with E-state index in [0.29, 0.717) is 23.6 Å². The van der Waals surface area contributed by atoms with Crippen molar-refractivity contribution < 1.29 is 13.0 Å². The highest BCUT2D eigenvalue weighted by Crippen LogP contribution is 2.43. The third-order valence-electron chi connectivity index (χ3n) is 4.32. The molecule has 0 saturated heterocycles. The Morgan fingerprint density at radius 3 is 3.08 bits per heavy atom. The van der Waals surface area contributed by atoms with Crippen molar-refractivity contribution in [3.05, 3.63) is 54.0 Å². The van der Waals surface area contributed by atoms with Crippen LogP contribution >= 0.6 is 0 Å². The van der Waals surface area contributed by atoms with Gasteiger partial charge in [-0.15, -0.1) is 0 Å². The number of nitrogens with zero attached hydrogens (tertiary/aromatic N) is 4. The summed E-state index contributed by atoms with van der Waals surface area (Å²) in [4.78, 5) is 18.3. The minimum atomic E-state index is -2.63. The van der Waals surface area contributed by atoms with E-state index in [2.05, 4.69) is 15.4 Å². The van der Waals surface area contributed by atoms with Crippen LogP contribution in [0.25, 0.3) is 11.3 Å². The number of rotatable bonds is 3. The highest BCUT2D eigenvalue weighted by molar-refractivity contribution is 6.01. The molecule has 0 radical (unpaired) electrons. The van der Waals surface area contributed by atoms with Gasteiger partial charge in [-0.05, 0) is 12.1 Å². The van der Waals surface area contributed by atoms with Crippen molar-refractivity contribution >= 4 is 23.0 Å². The number of nitrogens with one attached hydrogen (secondary N) is 2. The number of hydrogen-bond acceptors (Lipinski definition) is 5. The third-order valence-corrected chi connectivity index (χ3v) is 4.32. The molecule has 1 aliphatic heterocycles. The van der Waals surface area contributed by atoms with Crippen molar-refractivity contribution in [3.63, 3.8) is 0 Å². The van der Waals surface area contributed by atoms with Crippen LogP contribution in [0.15, 0.2) is 42.9 Å². The van der Waals surface area contributed by atoms with Gasteiger partial charge in [0.15, 0.2) is 0 Å². The first-order valence-corrected chi connectivity index (χ1v) is 7.91. The lowest BCUT2D eigenvalue weighted by molar-refractivity contribution is 0.0963. The van der Waals surface area contributed by atoms with Gasteiger partial charge >= 0.3 is 0 Å². The maximum atomic E-state index is 12.5. The first-order valence-electron chi connectivity index (χ1n) is 10.9. The molecule has 0 saturated carbocycles. The average molecular weight is 354 g/mol. The molecule has 7 nitrogen and oxygen atoms in total. The van der Waals surface area contributed by atoms with Gasteiger partial charge in [-0.3, -0.25) is 14.5 Å². The lowest BCUT2D eigenvalue weighted by Crippen LogP contribution is -2.23. The first kappa shape index (κ1) is 10.6. The molecule has 2 aromatic heterocycles. The van der Waals surface area contributed by atoms with Gasteiger partial charge in [0.05, 0.1) is 28.3 Å². The predicted molar refractivity (Wildman–Crippen MR) is 102 cm³/mol. The second-order valence-corrected chi connectivity index (χ2v) is 6.01. The van der Waals surface area contributed by atoms with E-state index < -0.39 is 19.9 Å². The Kier molecular flexibility index (Phi) is 2.52. The van der Waals surface area contributed by atoms with E-state index in [1.54, 1.807) is 12.1 Å². The number of aryl methyl sites for hydroxylation is 1. The fourth-order valence-electron chi connectivity index (χ4n) is 3.23. The van der Waals surface area contributed by atoms with Gasteiger partial charge < -0.3 is 15.5 Å². The van der Waals surface area contributed by atoms with Crippen molar-refractivity contribution in [2.45, 2.75) is 6.54 Å². The van der Waals surface area contributed by atoms with Crippen LogP contribution in [-0.4, -0.2) is 34.7 Å². The number of hydrogen-bond donors (Lipinski definition) is 2. The molecule has 0 spiro atoms. The molecule has 7 heteroatoms. The summed E-state index contributed by atoms with van der Waals surface area (Å²) in [7, 11) is 1.87. The predicted octanol–water partition coefficient (Wildman–Crippen LogP) is 2.54. The number of anilines is 3. The number of fused-ring (bicyclic) bond motifs is 3. The van der Waals surface area contributed by atoms with Crippen LogP contribution in [0.3, 0.4) is 0 Å². The molecular formula is C19H20N6O. The first-order chi connectivity index (χ1) is 14.9. The number of carbonyl (C=O) groups is 1. The van der Waals surface area contributed by atoms with Crippen molar-refractivity contribution in [3.8, 4) is 11.3 Å². The molecular weight excluding hydrogens is 328 g/mol. The minimum absolute atomic E-state index is 0.0760. The van der Waals surface area contributed by atoms with Crippen molar-refractivity contribution in [2.75, 3.05) is 24.2 Å². The van der Waals surface area contributed by atoms with Crippen LogP contribution in [0.5, 0.6) is 0 Å². The Morgan fingerprint density at radius 1 is 1.31 bits per heavy atom. The minimum Gasteiger partial charge on any atom is -0.368 e. The van der Waals surface area contributed by atoms with E-state index in [4.69, 9.17) is 8.22 Å². The topological polar surface area (TPSA) is 75.1 Å². The molecule has 3 heterocycles. The summed E-state index contributed by atoms with van der Waals surface area (Å²) in [6.45, 7) is -4.57. The molecule has 0 fully saturated rings. The molecule has 132 valence electrons. The van der Waals surface area contributed by atoms with Crippen LogP contribution in [0.2, 0.25) is 0 Å². The van der Waals surface area contributed by atoms with E-state index in [-0.39, 0.29) is 5.56 Å². The summed E-state index contributed by atoms with van der Waals surface area (Å²) in [5, 5.41) is 9.46. The van der Waals surface area contributed by atoms with E-state index >= 15 is 0 Å². The SMILES string of the molecule is [2H]C([2H])([2H])NC(=O)c1cnccc1Nc1cccc2c1N(C)Cc1cn(C([2H])([2H])[2H])nc1-2. The Balaban J connectivity index is 1.74. The molecule has 3 aromatic rings. The lowest BCUT2D eigenvalue weighted by atomic mass is 9.99. The Morgan fingerprint density at radius 2 is 2.23 bits per heavy atom. The van der Waals surface area contributed by atoms with Crippen molar-refractivity contribution in [1.82, 2.24) is 20.1 Å². The van der Waals surface area contributed by atoms with E-state index in [1.165, 1.54) is 18.6 Å². The standard InChI is InChI=1S/C19H20N6O/c1-20-19(26)14-9-21-8-7-15(14)22-16-6-4-5-13-17-12(11-25(3)23-17)10-24(2)18(13)16/h4-9,11H,10H2,1-3H3,(H,20,26)(H,21,22)/i1D3,3D3. The monoisotopic (exact) mass is 354 g/mol. The molecule has 2 N–H and O–H groups in total. The molecule has 26 heavy (non-hydrogen) atoms. The zero-order chi connectivity index (χ0) is 23.3. The van der Waals surface area contributed by atoms with E-state index in [9.17, 15) is 4.79 Å². The summed E-state index contributed by atoms with van der Waals surface area (Å²) >= 11 is 0. The molecule has 1 aliphatic rings. The number of pyridine rings is 1. The molecule has 0 aliphatic carbocycles. The van der Waals surface area contributed by atoms with E-state index in [1.807, 2.05) is 29.4 Å². The molecule has 1 amide bonds. The average Bonchev–Trinajstić information content (AvgIpc) is 3.12. The summed E-state index contributed by atoms with van der Waals surface area (Å²) in [6, 6.07) is 7.03. The smallest absolute Gasteiger partial charge is 0.254 e. The second-order valence-electron chi connectivity index (χ2n) is 6.01. The van der Waals surface area contributed by atoms with Gasteiger partial charge in [-0.1, -0.05) is 12.1 Å². The highest BCUT2D eigenvalue weighted by Gasteiger charge is 2.25. The highest BCUT2D eigenvalue weighted by atomic mass is 16.1. The van der Waals surface area contributed by atoms with Crippen LogP contribution in [0.4, 0.5) is 17.1 Å². The van der Waals surface area contributed by atoms with Crippen molar-refractivity contribution in [2.24, 2.45) is 6.98 Å². The molecule has 0 atom stereocenters. The quantitative estimate of drug-likeness (QED) is 0.756. The summed E-state index contributed by atoms with van der Waals surface area (Å²) < 4.78 is 45.7. The number of carbonyl (C=O) groups excluding carboxylic acids is 1. The number of para-hydroxylation sites is 1. The van der Waals surface area contributed by atoms with Gasteiger partial charge in [0.25, 0.3) is 5.91 Å². The van der Waals surface area contributed by atoms with Gasteiger partial charge in [-0.2, -0.15) is 5.10 Å². The molecule has 0 bridgehead atoms. The van der Waals surface area contributed by atoms with Crippen LogP contribution < -0.4 is 15.5 Å². The molecule has 1 aromatic carbocycles. The number of amides is 1. The largest absolute Gasteiger partial charge is 0.368 e. The van der Waals surface area contributed by atoms with Crippen LogP contribution in [-0.2, 0) is 13.5 Å². The number of aromatic nitrogens is 3. The number of benzene rings is 1. The Hall–Kier alpha value is -3.35. The summed E-state index contributed by atoms with van der Waals surface area (Å²) in [5.74, 6) is -0.780. The van der Waals surface area contributed by atoms with Gasteiger partial charge in [-0.25, -0.2) is 0 Å². The third kappa shape index (κ3) is 2.57. The maximum Gasteiger partial charge on any atom is 0.254 e. The lowest BCUT2D eigenvalue weighted by Gasteiger charge is -2.29. The Labute approximate surface area is 160 Å². The van der Waals surface area contributed by atoms with Crippen LogP contribution in [0.1, 0.15) is 24.1 Å².